The molecule has 0 aliphatic heterocycles. The molecule has 0 radical (unpaired) electrons. The Bertz CT molecular complexity index is 1360. The smallest absolute Gasteiger partial charge is 0.338 e. The van der Waals surface area contributed by atoms with Gasteiger partial charge in [0.2, 0.25) is 0 Å². The lowest BCUT2D eigenvalue weighted by Crippen LogP contribution is -2.24. The number of carboxylic acid groups (broad SMARTS) is 1. The second-order valence-electron chi connectivity index (χ2n) is 8.86. The van der Waals surface area contributed by atoms with E-state index in [-0.39, 0.29) is 18.5 Å². The van der Waals surface area contributed by atoms with Crippen molar-refractivity contribution < 1.29 is 19.4 Å². The normalized spacial score (nSPS) is 11.4. The monoisotopic (exact) mass is 476 g/mol. The predicted octanol–water partition coefficient (Wildman–Crippen LogP) is 2.00. The van der Waals surface area contributed by atoms with Crippen LogP contribution in [0.3, 0.4) is 0 Å². The highest BCUT2D eigenvalue weighted by Gasteiger charge is 2.18. The molecule has 0 aliphatic carbocycles. The third kappa shape index (κ3) is 6.53. The van der Waals surface area contributed by atoms with Crippen molar-refractivity contribution in [3.63, 3.8) is 0 Å². The van der Waals surface area contributed by atoms with Crippen LogP contribution in [-0.4, -0.2) is 63.1 Å². The molecule has 2 aromatic heterocycles. The van der Waals surface area contributed by atoms with Crippen LogP contribution in [0.1, 0.15) is 64.3 Å². The largest absolute Gasteiger partial charge is 0.478 e. The quantitative estimate of drug-likeness (QED) is 0.374. The van der Waals surface area contributed by atoms with E-state index in [1.54, 1.807) is 36.4 Å². The zero-order valence-electron chi connectivity index (χ0n) is 19.5. The standard InChI is InChI=1S/C23H24N8O4/c1-23(2,3)35-22(34)18-9-5-7-16(11-18)14-31-27-20(25-29-31)12-19-24-28-30(26-19)13-15-6-4-8-17(10-15)21(32)33/h4-11H,12-14H2,1-3H3,(H,32,33). The van der Waals surface area contributed by atoms with Crippen molar-refractivity contribution in [3.05, 3.63) is 82.4 Å². The van der Waals surface area contributed by atoms with Crippen molar-refractivity contribution in [1.29, 1.82) is 0 Å². The molecule has 0 fully saturated rings. The molecule has 0 unspecified atom stereocenters. The van der Waals surface area contributed by atoms with Crippen LogP contribution in [0.2, 0.25) is 0 Å². The van der Waals surface area contributed by atoms with Gasteiger partial charge in [-0.15, -0.1) is 20.4 Å². The molecule has 35 heavy (non-hydrogen) atoms. The van der Waals surface area contributed by atoms with Crippen LogP contribution in [0.25, 0.3) is 0 Å². The summed E-state index contributed by atoms with van der Waals surface area (Å²) in [5.41, 5.74) is 1.64. The summed E-state index contributed by atoms with van der Waals surface area (Å²) in [6, 6.07) is 13.6. The van der Waals surface area contributed by atoms with Crippen LogP contribution in [0.4, 0.5) is 0 Å². The lowest BCUT2D eigenvalue weighted by Gasteiger charge is -2.19. The van der Waals surface area contributed by atoms with Gasteiger partial charge in [0.05, 0.1) is 30.6 Å². The highest BCUT2D eigenvalue weighted by Crippen LogP contribution is 2.14. The van der Waals surface area contributed by atoms with Gasteiger partial charge in [0.25, 0.3) is 0 Å². The number of carbonyl (C=O) groups is 2. The summed E-state index contributed by atoms with van der Waals surface area (Å²) in [5.74, 6) is -0.563. The van der Waals surface area contributed by atoms with Crippen molar-refractivity contribution in [2.75, 3.05) is 0 Å². The predicted molar refractivity (Wildman–Crippen MR) is 122 cm³/mol. The minimum absolute atomic E-state index is 0.195. The maximum absolute atomic E-state index is 12.3. The van der Waals surface area contributed by atoms with E-state index in [2.05, 4.69) is 30.8 Å². The molecule has 4 rings (SSSR count). The number of hydrogen-bond donors (Lipinski definition) is 1. The fraction of sp³-hybridized carbons (Fsp3) is 0.304. The Kier molecular flexibility index (Phi) is 6.62. The number of aromatic nitrogens is 8. The second-order valence-corrected chi connectivity index (χ2v) is 8.86. The SMILES string of the molecule is CC(C)(C)OC(=O)c1cccc(Cn2nnc(Cc3nnn(Cc4cccc(C(=O)O)c4)n3)n2)c1. The molecule has 0 saturated heterocycles. The lowest BCUT2D eigenvalue weighted by atomic mass is 10.1. The van der Waals surface area contributed by atoms with Gasteiger partial charge in [0.15, 0.2) is 11.6 Å². The minimum Gasteiger partial charge on any atom is -0.478 e. The van der Waals surface area contributed by atoms with Crippen molar-refractivity contribution in [2.24, 2.45) is 0 Å². The average Bonchev–Trinajstić information content (AvgIpc) is 3.42. The van der Waals surface area contributed by atoms with Gasteiger partial charge in [-0.1, -0.05) is 24.3 Å². The number of nitrogens with zero attached hydrogens (tertiary/aromatic N) is 8. The van der Waals surface area contributed by atoms with Crippen LogP contribution in [0, 0.1) is 0 Å². The third-order valence-corrected chi connectivity index (χ3v) is 4.69. The zero-order chi connectivity index (χ0) is 25.0. The van der Waals surface area contributed by atoms with Gasteiger partial charge < -0.3 is 9.84 Å². The van der Waals surface area contributed by atoms with Crippen molar-refractivity contribution in [3.8, 4) is 0 Å². The fourth-order valence-corrected chi connectivity index (χ4v) is 3.23. The van der Waals surface area contributed by atoms with E-state index >= 15 is 0 Å². The number of rotatable bonds is 8. The molecular weight excluding hydrogens is 452 g/mol. The van der Waals surface area contributed by atoms with Gasteiger partial charge in [-0.25, -0.2) is 9.59 Å². The zero-order valence-corrected chi connectivity index (χ0v) is 19.5. The number of aromatic carboxylic acids is 1. The van der Waals surface area contributed by atoms with E-state index in [1.807, 2.05) is 26.8 Å². The van der Waals surface area contributed by atoms with Crippen molar-refractivity contribution in [1.82, 2.24) is 40.4 Å². The number of carboxylic acids is 1. The van der Waals surface area contributed by atoms with Crippen LogP contribution >= 0.6 is 0 Å². The summed E-state index contributed by atoms with van der Waals surface area (Å²) < 4.78 is 5.42. The van der Waals surface area contributed by atoms with E-state index in [0.29, 0.717) is 23.8 Å². The molecular formula is C23H24N8O4. The number of benzene rings is 2. The van der Waals surface area contributed by atoms with Crippen LogP contribution < -0.4 is 0 Å². The number of carbonyl (C=O) groups excluding carboxylic acids is 1. The van der Waals surface area contributed by atoms with Crippen LogP contribution in [-0.2, 0) is 24.2 Å². The fourth-order valence-electron chi connectivity index (χ4n) is 3.23. The van der Waals surface area contributed by atoms with Gasteiger partial charge >= 0.3 is 11.9 Å². The van der Waals surface area contributed by atoms with Gasteiger partial charge in [-0.3, -0.25) is 0 Å². The maximum Gasteiger partial charge on any atom is 0.338 e. The first-order valence-electron chi connectivity index (χ1n) is 10.8. The molecule has 2 heterocycles. The van der Waals surface area contributed by atoms with Gasteiger partial charge in [0.1, 0.15) is 5.60 Å². The average molecular weight is 476 g/mol. The molecule has 12 heteroatoms. The van der Waals surface area contributed by atoms with Gasteiger partial charge in [-0.2, -0.15) is 9.59 Å². The van der Waals surface area contributed by atoms with E-state index in [4.69, 9.17) is 9.84 Å². The molecule has 2 aromatic carbocycles. The summed E-state index contributed by atoms with van der Waals surface area (Å²) in [6.45, 7) is 6.06. The number of esters is 1. The molecule has 12 nitrogen and oxygen atoms in total. The van der Waals surface area contributed by atoms with E-state index in [0.717, 1.165) is 11.1 Å². The second kappa shape index (κ2) is 9.79. The lowest BCUT2D eigenvalue weighted by molar-refractivity contribution is 0.00691. The van der Waals surface area contributed by atoms with Crippen LogP contribution in [0.15, 0.2) is 48.5 Å². The first-order chi connectivity index (χ1) is 16.6. The van der Waals surface area contributed by atoms with E-state index in [1.165, 1.54) is 15.7 Å². The molecule has 0 atom stereocenters. The first kappa shape index (κ1) is 23.7. The van der Waals surface area contributed by atoms with Gasteiger partial charge in [0, 0.05) is 0 Å². The van der Waals surface area contributed by atoms with Crippen molar-refractivity contribution >= 4 is 11.9 Å². The topological polar surface area (TPSA) is 151 Å². The van der Waals surface area contributed by atoms with Crippen LogP contribution in [0.5, 0.6) is 0 Å². The maximum atomic E-state index is 12.3. The molecule has 4 aromatic rings. The summed E-state index contributed by atoms with van der Waals surface area (Å²) in [7, 11) is 0. The molecule has 0 bridgehead atoms. The number of tetrazole rings is 2. The van der Waals surface area contributed by atoms with Crippen molar-refractivity contribution in [2.45, 2.75) is 45.9 Å². The Morgan fingerprint density at radius 2 is 1.37 bits per heavy atom. The van der Waals surface area contributed by atoms with E-state index in [9.17, 15) is 9.59 Å². The number of hydrogen-bond acceptors (Lipinski definition) is 9. The molecule has 180 valence electrons. The van der Waals surface area contributed by atoms with E-state index < -0.39 is 17.5 Å². The summed E-state index contributed by atoms with van der Waals surface area (Å²) in [4.78, 5) is 26.2. The summed E-state index contributed by atoms with van der Waals surface area (Å²) >= 11 is 0. The number of ether oxygens (including phenoxy) is 1. The Morgan fingerprint density at radius 3 is 1.89 bits per heavy atom. The van der Waals surface area contributed by atoms with Gasteiger partial charge in [-0.05, 0) is 66.6 Å². The molecule has 0 amide bonds. The molecule has 0 aliphatic rings. The molecule has 1 N–H and O–H groups in total. The highest BCUT2D eigenvalue weighted by atomic mass is 16.6. The molecule has 0 spiro atoms. The molecule has 0 saturated carbocycles. The first-order valence-corrected chi connectivity index (χ1v) is 10.8. The third-order valence-electron chi connectivity index (χ3n) is 4.69. The summed E-state index contributed by atoms with van der Waals surface area (Å²) in [5, 5.41) is 33.9. The Morgan fingerprint density at radius 1 is 0.857 bits per heavy atom. The Labute approximate surface area is 200 Å². The highest BCUT2D eigenvalue weighted by molar-refractivity contribution is 5.89. The Balaban J connectivity index is 1.38. The Hall–Kier alpha value is -4.48. The summed E-state index contributed by atoms with van der Waals surface area (Å²) in [6.07, 6.45) is 0.229. The minimum atomic E-state index is -0.996.